The predicted molar refractivity (Wildman–Crippen MR) is 190 cm³/mol. The molecule has 8 aromatic carbocycles. The summed E-state index contributed by atoms with van der Waals surface area (Å²) in [7, 11) is 0. The van der Waals surface area contributed by atoms with E-state index >= 15 is 0 Å². The maximum atomic E-state index is 9.52. The Hall–Kier alpha value is -5.92. The third-order valence-corrected chi connectivity index (χ3v) is 8.10. The number of fused-ring (bicyclic) bond motifs is 5. The smallest absolute Gasteiger partial charge is 0.135 e. The number of furan rings is 1. The van der Waals surface area contributed by atoms with Gasteiger partial charge in [-0.3, -0.25) is 0 Å². The zero-order chi connectivity index (χ0) is 41.9. The van der Waals surface area contributed by atoms with Crippen LogP contribution in [0, 0.1) is 0 Å². The van der Waals surface area contributed by atoms with Crippen LogP contribution in [-0.4, -0.2) is 0 Å². The van der Waals surface area contributed by atoms with Crippen LogP contribution in [0.15, 0.2) is 174 Å². The van der Waals surface area contributed by atoms with Crippen molar-refractivity contribution in [3.05, 3.63) is 170 Å². The summed E-state index contributed by atoms with van der Waals surface area (Å²) in [6.45, 7) is 0. The van der Waals surface area contributed by atoms with Crippen molar-refractivity contribution >= 4 is 43.5 Å². The zero-order valence-corrected chi connectivity index (χ0v) is 23.5. The summed E-state index contributed by atoms with van der Waals surface area (Å²) in [5, 5.41) is 4.02. The van der Waals surface area contributed by atoms with E-state index in [-0.39, 0.29) is 34.3 Å². The second-order valence-electron chi connectivity index (χ2n) is 10.6. The normalized spacial score (nSPS) is 15.9. The monoisotopic (exact) mass is 586 g/mol. The molecule has 1 nitrogen and oxygen atoms in total. The molecule has 0 fully saturated rings. The molecule has 1 heterocycles. The van der Waals surface area contributed by atoms with E-state index in [1.807, 2.05) is 66.7 Å². The van der Waals surface area contributed by atoms with E-state index in [4.69, 9.17) is 22.2 Å². The third-order valence-electron chi connectivity index (χ3n) is 8.10. The summed E-state index contributed by atoms with van der Waals surface area (Å²) in [6, 6.07) is 18.5. The molecule has 0 saturated heterocycles. The van der Waals surface area contributed by atoms with Crippen molar-refractivity contribution in [3.8, 4) is 44.5 Å². The second kappa shape index (κ2) is 10.4. The molecule has 0 N–H and O–H groups in total. The van der Waals surface area contributed by atoms with Gasteiger partial charge in [-0.25, -0.2) is 0 Å². The lowest BCUT2D eigenvalue weighted by Crippen LogP contribution is -1.91. The molecular weight excluding hydrogens is 544 g/mol. The van der Waals surface area contributed by atoms with Gasteiger partial charge in [0.15, 0.2) is 0 Å². The molecule has 45 heavy (non-hydrogen) atoms. The minimum Gasteiger partial charge on any atom is -0.456 e. The van der Waals surface area contributed by atoms with Crippen LogP contribution in [0.4, 0.5) is 0 Å². The van der Waals surface area contributed by atoms with Crippen molar-refractivity contribution in [2.24, 2.45) is 0 Å². The van der Waals surface area contributed by atoms with Crippen LogP contribution in [0.3, 0.4) is 0 Å². The van der Waals surface area contributed by atoms with E-state index in [0.29, 0.717) is 43.8 Å². The Morgan fingerprint density at radius 1 is 0.356 bits per heavy atom. The average Bonchev–Trinajstić information content (AvgIpc) is 3.61. The highest BCUT2D eigenvalue weighted by molar-refractivity contribution is 6.22. The minimum absolute atomic E-state index is 0.0248. The molecule has 0 atom stereocenters. The van der Waals surface area contributed by atoms with E-state index in [9.17, 15) is 1.37 Å². The molecule has 0 unspecified atom stereocenters. The minimum atomic E-state index is -0.643. The van der Waals surface area contributed by atoms with E-state index in [1.54, 1.807) is 18.2 Å². The molecule has 9 aromatic rings. The predicted octanol–water partition coefficient (Wildman–Crippen LogP) is 12.6. The number of benzene rings is 8. The van der Waals surface area contributed by atoms with Gasteiger partial charge in [-0.15, -0.1) is 0 Å². The molecule has 210 valence electrons. The van der Waals surface area contributed by atoms with Gasteiger partial charge in [0.05, 0.1) is 19.2 Å². The molecule has 0 aliphatic rings. The fourth-order valence-electron chi connectivity index (χ4n) is 6.16. The van der Waals surface area contributed by atoms with Gasteiger partial charge in [-0.1, -0.05) is 139 Å². The van der Waals surface area contributed by atoms with Crippen molar-refractivity contribution in [2.75, 3.05) is 0 Å². The van der Waals surface area contributed by atoms with E-state index in [1.165, 1.54) is 0 Å². The largest absolute Gasteiger partial charge is 0.456 e. The Morgan fingerprint density at radius 3 is 1.38 bits per heavy atom. The summed E-state index contributed by atoms with van der Waals surface area (Å²) < 4.78 is 126. The first-order valence-electron chi connectivity index (χ1n) is 21.3. The SMILES string of the molecule is [2H]c1c([2H])c([2H])c(-c2ccc3oc4ccc(-c5c6ccccc6c(-c6c([2H])c([2H])c([2H])c(-c7c([2H])c([2H])c([2H])c([2H])c7[2H])c6[2H])c6ccccc56)cc4c3c2)c([2H])c1[2H]. The second-order valence-corrected chi connectivity index (χ2v) is 10.6. The Labute approximate surface area is 281 Å². The zero-order valence-electron chi connectivity index (χ0n) is 37.5. The average molecular weight is 587 g/mol. The highest BCUT2D eigenvalue weighted by Crippen LogP contribution is 2.45. The van der Waals surface area contributed by atoms with Gasteiger partial charge in [0.2, 0.25) is 0 Å². The van der Waals surface area contributed by atoms with Crippen molar-refractivity contribution < 1.29 is 23.6 Å². The summed E-state index contributed by atoms with van der Waals surface area (Å²) in [6.07, 6.45) is 0. The molecule has 0 spiro atoms. The molecule has 1 aromatic heterocycles. The topological polar surface area (TPSA) is 13.1 Å². The standard InChI is InChI=1S/C44H28O/c1-3-12-29(13-4-1)31-16-11-17-33(26-31)43-35-18-7-9-20-37(35)44(38-21-10-8-19-36(38)43)34-23-25-42-40(28-34)39-27-32(22-24-41(39)45-42)30-14-5-2-6-15-30/h1-28H/i1D,2D,3D,4D,5D,6D,11D,12D,13D,14D,15D,16D,17D,26D. The Balaban J connectivity index is 1.33. The van der Waals surface area contributed by atoms with Crippen molar-refractivity contribution in [1.29, 1.82) is 0 Å². The first-order chi connectivity index (χ1) is 28.1. The van der Waals surface area contributed by atoms with Crippen LogP contribution in [0.25, 0.3) is 88.0 Å². The molecule has 0 saturated carbocycles. The lowest BCUT2D eigenvalue weighted by molar-refractivity contribution is 0.669. The fourth-order valence-corrected chi connectivity index (χ4v) is 6.16. The van der Waals surface area contributed by atoms with Gasteiger partial charge >= 0.3 is 0 Å². The first kappa shape index (κ1) is 15.2. The van der Waals surface area contributed by atoms with Crippen LogP contribution < -0.4 is 0 Å². The van der Waals surface area contributed by atoms with Gasteiger partial charge in [0, 0.05) is 10.8 Å². The van der Waals surface area contributed by atoms with Gasteiger partial charge < -0.3 is 4.42 Å². The Bertz CT molecular complexity index is 3220. The summed E-state index contributed by atoms with van der Waals surface area (Å²) in [4.78, 5) is 0. The first-order valence-corrected chi connectivity index (χ1v) is 14.3. The highest BCUT2D eigenvalue weighted by Gasteiger charge is 2.18. The molecule has 0 radical (unpaired) electrons. The number of hydrogen-bond donors (Lipinski definition) is 0. The Kier molecular flexibility index (Phi) is 3.50. The molecule has 0 amide bonds. The maximum Gasteiger partial charge on any atom is 0.135 e. The Morgan fingerprint density at radius 2 is 0.800 bits per heavy atom. The van der Waals surface area contributed by atoms with Gasteiger partial charge in [0.25, 0.3) is 0 Å². The van der Waals surface area contributed by atoms with Crippen molar-refractivity contribution in [2.45, 2.75) is 0 Å². The third kappa shape index (κ3) is 4.24. The van der Waals surface area contributed by atoms with Crippen molar-refractivity contribution in [3.63, 3.8) is 0 Å². The molecule has 0 bridgehead atoms. The van der Waals surface area contributed by atoms with Gasteiger partial charge in [0.1, 0.15) is 11.2 Å². The van der Waals surface area contributed by atoms with Crippen LogP contribution in [0.2, 0.25) is 0 Å². The maximum absolute atomic E-state index is 9.52. The summed E-state index contributed by atoms with van der Waals surface area (Å²) in [5.74, 6) is 0. The van der Waals surface area contributed by atoms with Gasteiger partial charge in [-0.2, -0.15) is 0 Å². The summed E-state index contributed by atoms with van der Waals surface area (Å²) >= 11 is 0. The molecule has 9 rings (SSSR count). The van der Waals surface area contributed by atoms with E-state index in [2.05, 4.69) is 0 Å². The molecular formula is C44H28O. The van der Waals surface area contributed by atoms with Crippen molar-refractivity contribution in [1.82, 2.24) is 0 Å². The van der Waals surface area contributed by atoms with Gasteiger partial charge in [-0.05, 0) is 96.4 Å². The molecule has 0 aliphatic heterocycles. The lowest BCUT2D eigenvalue weighted by Gasteiger charge is -2.18. The number of rotatable bonds is 4. The molecule has 1 heteroatoms. The van der Waals surface area contributed by atoms with Crippen LogP contribution >= 0.6 is 0 Å². The van der Waals surface area contributed by atoms with E-state index in [0.717, 1.165) is 21.9 Å². The quantitative estimate of drug-likeness (QED) is 0.187. The lowest BCUT2D eigenvalue weighted by atomic mass is 9.85. The van der Waals surface area contributed by atoms with Crippen LogP contribution in [0.1, 0.15) is 19.2 Å². The number of hydrogen-bond acceptors (Lipinski definition) is 1. The fraction of sp³-hybridized carbons (Fsp3) is 0. The summed E-state index contributed by atoms with van der Waals surface area (Å²) in [5.41, 5.74) is 2.82. The van der Waals surface area contributed by atoms with Crippen LogP contribution in [-0.2, 0) is 0 Å². The van der Waals surface area contributed by atoms with Crippen LogP contribution in [0.5, 0.6) is 0 Å². The molecule has 0 aliphatic carbocycles. The highest BCUT2D eigenvalue weighted by atomic mass is 16.3. The van der Waals surface area contributed by atoms with E-state index < -0.39 is 72.5 Å².